The number of aryl methyl sites for hydroxylation is 1. The lowest BCUT2D eigenvalue weighted by molar-refractivity contribution is -0.0201. The third kappa shape index (κ3) is 7.10. The van der Waals surface area contributed by atoms with Crippen molar-refractivity contribution >= 4 is 34.8 Å². The number of ether oxygens (including phenoxy) is 1. The summed E-state index contributed by atoms with van der Waals surface area (Å²) in [7, 11) is -1.86. The molecule has 0 saturated carbocycles. The van der Waals surface area contributed by atoms with Gasteiger partial charge in [-0.25, -0.2) is 13.1 Å². The van der Waals surface area contributed by atoms with Gasteiger partial charge in [-0.1, -0.05) is 23.8 Å². The van der Waals surface area contributed by atoms with Crippen molar-refractivity contribution in [3.8, 4) is 0 Å². The molecule has 0 aliphatic carbocycles. The third-order valence-corrected chi connectivity index (χ3v) is 6.84. The SMILES string of the molecule is Cc1ccc(S(=O)(=O)NC[C@H]2O[C@@H](CO)[C@@H](O)[C@H]2N(C)CCc2ccccn2)cc1.Cl.Cl. The highest BCUT2D eigenvalue weighted by molar-refractivity contribution is 7.89. The van der Waals surface area contributed by atoms with E-state index in [4.69, 9.17) is 4.74 Å². The Morgan fingerprint density at radius 2 is 1.81 bits per heavy atom. The smallest absolute Gasteiger partial charge is 0.240 e. The molecule has 1 aromatic heterocycles. The van der Waals surface area contributed by atoms with Crippen LogP contribution in [0.2, 0.25) is 0 Å². The molecule has 2 aromatic rings. The first-order valence-electron chi connectivity index (χ1n) is 9.92. The Bertz CT molecular complexity index is 919. The molecule has 180 valence electrons. The molecule has 1 saturated heterocycles. The summed E-state index contributed by atoms with van der Waals surface area (Å²) in [5.41, 5.74) is 1.89. The normalized spacial score (nSPS) is 22.9. The van der Waals surface area contributed by atoms with Gasteiger partial charge in [0, 0.05) is 31.4 Å². The average Bonchev–Trinajstić information content (AvgIpc) is 3.07. The molecule has 1 fully saturated rings. The van der Waals surface area contributed by atoms with E-state index < -0.39 is 34.4 Å². The number of halogens is 2. The van der Waals surface area contributed by atoms with Crippen molar-refractivity contribution in [1.82, 2.24) is 14.6 Å². The number of aromatic nitrogens is 1. The van der Waals surface area contributed by atoms with E-state index in [0.29, 0.717) is 13.0 Å². The maximum atomic E-state index is 12.6. The van der Waals surface area contributed by atoms with E-state index in [1.54, 1.807) is 30.5 Å². The summed E-state index contributed by atoms with van der Waals surface area (Å²) in [5, 5.41) is 20.2. The topological polar surface area (TPSA) is 112 Å². The Kier molecular flexibility index (Phi) is 11.5. The van der Waals surface area contributed by atoms with Gasteiger partial charge in [-0.05, 0) is 38.2 Å². The van der Waals surface area contributed by atoms with Crippen molar-refractivity contribution in [3.05, 3.63) is 59.9 Å². The lowest BCUT2D eigenvalue weighted by Gasteiger charge is -2.30. The Labute approximate surface area is 201 Å². The highest BCUT2D eigenvalue weighted by atomic mass is 35.5. The van der Waals surface area contributed by atoms with Gasteiger partial charge in [-0.15, -0.1) is 24.8 Å². The van der Waals surface area contributed by atoms with E-state index in [1.807, 2.05) is 37.1 Å². The number of hydrogen-bond acceptors (Lipinski definition) is 7. The Morgan fingerprint density at radius 1 is 1.12 bits per heavy atom. The number of aliphatic hydroxyl groups is 2. The van der Waals surface area contributed by atoms with Crippen molar-refractivity contribution in [1.29, 1.82) is 0 Å². The van der Waals surface area contributed by atoms with Gasteiger partial charge in [0.05, 0.1) is 23.6 Å². The van der Waals surface area contributed by atoms with Crippen LogP contribution in [0.4, 0.5) is 0 Å². The number of rotatable bonds is 9. The van der Waals surface area contributed by atoms with Gasteiger partial charge >= 0.3 is 0 Å². The van der Waals surface area contributed by atoms with Gasteiger partial charge in [-0.3, -0.25) is 9.88 Å². The summed E-state index contributed by atoms with van der Waals surface area (Å²) >= 11 is 0. The largest absolute Gasteiger partial charge is 0.394 e. The Balaban J connectivity index is 0.00000256. The molecular weight excluding hydrogens is 477 g/mol. The second-order valence-electron chi connectivity index (χ2n) is 7.59. The van der Waals surface area contributed by atoms with Gasteiger partial charge in [-0.2, -0.15) is 0 Å². The van der Waals surface area contributed by atoms with Crippen LogP contribution >= 0.6 is 24.8 Å². The molecule has 1 aromatic carbocycles. The standard InChI is InChI=1S/C21H29N3O5S.2ClH/c1-15-6-8-17(9-7-15)30(27,28)23-13-18-20(21(26)19(14-25)29-18)24(2)12-10-16-5-3-4-11-22-16;;/h3-9,11,18-21,23,25-26H,10,12-14H2,1-2H3;2*1H/t18-,19+,20+,21-;;/m1../s1. The number of sulfonamides is 1. The monoisotopic (exact) mass is 507 g/mol. The van der Waals surface area contributed by atoms with Gasteiger partial charge in [0.2, 0.25) is 10.0 Å². The van der Waals surface area contributed by atoms with Crippen LogP contribution in [-0.2, 0) is 21.2 Å². The Hall–Kier alpha value is -1.30. The maximum absolute atomic E-state index is 12.6. The second kappa shape index (κ2) is 12.8. The number of nitrogens with one attached hydrogen (secondary N) is 1. The molecule has 0 spiro atoms. The van der Waals surface area contributed by atoms with Gasteiger partial charge in [0.1, 0.15) is 12.2 Å². The molecule has 0 unspecified atom stereocenters. The summed E-state index contributed by atoms with van der Waals surface area (Å²) in [5.74, 6) is 0. The van der Waals surface area contributed by atoms with Crippen LogP contribution in [0.15, 0.2) is 53.6 Å². The van der Waals surface area contributed by atoms with Gasteiger partial charge in [0.15, 0.2) is 0 Å². The lowest BCUT2D eigenvalue weighted by atomic mass is 10.0. The first kappa shape index (κ1) is 28.7. The zero-order valence-electron chi connectivity index (χ0n) is 18.0. The highest BCUT2D eigenvalue weighted by Crippen LogP contribution is 2.25. The van der Waals surface area contributed by atoms with E-state index in [1.165, 1.54) is 0 Å². The number of likely N-dealkylation sites (N-methyl/N-ethyl adjacent to an activating group) is 1. The van der Waals surface area contributed by atoms with Crippen LogP contribution in [0, 0.1) is 6.92 Å². The van der Waals surface area contributed by atoms with E-state index in [0.717, 1.165) is 11.3 Å². The van der Waals surface area contributed by atoms with Crippen LogP contribution in [-0.4, -0.2) is 79.6 Å². The molecule has 2 heterocycles. The molecule has 0 bridgehead atoms. The van der Waals surface area contributed by atoms with Crippen LogP contribution in [0.5, 0.6) is 0 Å². The molecule has 3 rings (SSSR count). The van der Waals surface area contributed by atoms with Crippen molar-refractivity contribution in [2.24, 2.45) is 0 Å². The van der Waals surface area contributed by atoms with Crippen molar-refractivity contribution in [2.45, 2.75) is 42.6 Å². The fraction of sp³-hybridized carbons (Fsp3) is 0.476. The number of pyridine rings is 1. The first-order chi connectivity index (χ1) is 14.3. The first-order valence-corrected chi connectivity index (χ1v) is 11.4. The maximum Gasteiger partial charge on any atom is 0.240 e. The van der Waals surface area contributed by atoms with Gasteiger partial charge < -0.3 is 14.9 Å². The average molecular weight is 508 g/mol. The fourth-order valence-corrected chi connectivity index (χ4v) is 4.71. The molecule has 1 aliphatic rings. The molecule has 1 aliphatic heterocycles. The minimum Gasteiger partial charge on any atom is -0.394 e. The summed E-state index contributed by atoms with van der Waals surface area (Å²) in [6, 6.07) is 11.8. The van der Waals surface area contributed by atoms with Crippen molar-refractivity contribution < 1.29 is 23.4 Å². The number of nitrogens with zero attached hydrogens (tertiary/aromatic N) is 2. The summed E-state index contributed by atoms with van der Waals surface area (Å²) in [6.07, 6.45) is 0.101. The minimum absolute atomic E-state index is 0. The van der Waals surface area contributed by atoms with Gasteiger partial charge in [0.25, 0.3) is 0 Å². The summed E-state index contributed by atoms with van der Waals surface area (Å²) < 4.78 is 33.6. The Morgan fingerprint density at radius 3 is 2.41 bits per heavy atom. The predicted molar refractivity (Wildman–Crippen MR) is 127 cm³/mol. The van der Waals surface area contributed by atoms with Crippen molar-refractivity contribution in [2.75, 3.05) is 26.7 Å². The van der Waals surface area contributed by atoms with Crippen LogP contribution in [0.1, 0.15) is 11.3 Å². The molecule has 32 heavy (non-hydrogen) atoms. The zero-order valence-corrected chi connectivity index (χ0v) is 20.4. The van der Waals surface area contributed by atoms with E-state index in [9.17, 15) is 18.6 Å². The molecule has 11 heteroatoms. The molecule has 8 nitrogen and oxygen atoms in total. The predicted octanol–water partition coefficient (Wildman–Crippen LogP) is 1.18. The van der Waals surface area contributed by atoms with Crippen LogP contribution in [0.25, 0.3) is 0 Å². The quantitative estimate of drug-likeness (QED) is 0.466. The number of hydrogen-bond donors (Lipinski definition) is 3. The van der Waals surface area contributed by atoms with E-state index in [-0.39, 0.29) is 42.9 Å². The molecular formula is C21H31Cl2N3O5S. The minimum atomic E-state index is -3.71. The van der Waals surface area contributed by atoms with E-state index in [2.05, 4.69) is 9.71 Å². The van der Waals surface area contributed by atoms with E-state index >= 15 is 0 Å². The summed E-state index contributed by atoms with van der Waals surface area (Å²) in [4.78, 5) is 6.40. The lowest BCUT2D eigenvalue weighted by Crippen LogP contribution is -2.50. The molecule has 4 atom stereocenters. The highest BCUT2D eigenvalue weighted by Gasteiger charge is 2.45. The van der Waals surface area contributed by atoms with Crippen LogP contribution in [0.3, 0.4) is 0 Å². The van der Waals surface area contributed by atoms with Crippen LogP contribution < -0.4 is 4.72 Å². The number of benzene rings is 1. The summed E-state index contributed by atoms with van der Waals surface area (Å²) in [6.45, 7) is 2.13. The third-order valence-electron chi connectivity index (χ3n) is 5.40. The number of aliphatic hydroxyl groups excluding tert-OH is 2. The molecule has 0 radical (unpaired) electrons. The zero-order chi connectivity index (χ0) is 21.7. The fourth-order valence-electron chi connectivity index (χ4n) is 3.67. The molecule has 0 amide bonds. The second-order valence-corrected chi connectivity index (χ2v) is 9.36. The van der Waals surface area contributed by atoms with Crippen molar-refractivity contribution in [3.63, 3.8) is 0 Å². The molecule has 3 N–H and O–H groups in total.